The van der Waals surface area contributed by atoms with Gasteiger partial charge in [-0.05, 0) is 61.1 Å². The molecule has 0 radical (unpaired) electrons. The third-order valence-electron chi connectivity index (χ3n) is 9.10. The van der Waals surface area contributed by atoms with E-state index in [1.165, 1.54) is 12.1 Å². The number of halogens is 4. The molecule has 0 bridgehead atoms. The van der Waals surface area contributed by atoms with Crippen LogP contribution in [-0.2, 0) is 13.1 Å². The fraction of sp³-hybridized carbons (Fsp3) is 0.444. The molecule has 2 fully saturated rings. The van der Waals surface area contributed by atoms with Crippen LogP contribution in [0.5, 0.6) is 0 Å². The molecule has 0 heterocycles. The van der Waals surface area contributed by atoms with E-state index < -0.39 is 35.3 Å². The minimum Gasteiger partial charge on any atom is -0.317 e. The molecular weight excluding hydrogens is 596 g/mol. The van der Waals surface area contributed by atoms with E-state index in [0.717, 1.165) is 112 Å². The molecule has 6 nitrogen and oxygen atoms in total. The average Bonchev–Trinajstić information content (AvgIpc) is 3.47. The Kier molecular flexibility index (Phi) is 11.5. The van der Waals surface area contributed by atoms with E-state index in [1.54, 1.807) is 9.80 Å². The van der Waals surface area contributed by atoms with E-state index in [0.29, 0.717) is 0 Å². The second-order valence-corrected chi connectivity index (χ2v) is 12.5. The van der Waals surface area contributed by atoms with Gasteiger partial charge < -0.3 is 20.4 Å². The van der Waals surface area contributed by atoms with Crippen molar-refractivity contribution in [2.75, 3.05) is 10.6 Å². The monoisotopic (exact) mass is 638 g/mol. The van der Waals surface area contributed by atoms with Crippen molar-refractivity contribution >= 4 is 23.4 Å². The summed E-state index contributed by atoms with van der Waals surface area (Å²) in [6, 6.07) is 12.8. The molecule has 3 aromatic rings. The van der Waals surface area contributed by atoms with Gasteiger partial charge in [-0.2, -0.15) is 0 Å². The van der Waals surface area contributed by atoms with Gasteiger partial charge in [0.25, 0.3) is 0 Å². The Balaban J connectivity index is 1.37. The highest BCUT2D eigenvalue weighted by atomic mass is 19.1. The van der Waals surface area contributed by atoms with Gasteiger partial charge in [0, 0.05) is 37.3 Å². The maximum Gasteiger partial charge on any atom is 0.322 e. The van der Waals surface area contributed by atoms with Crippen molar-refractivity contribution < 1.29 is 27.2 Å². The second-order valence-electron chi connectivity index (χ2n) is 12.5. The zero-order valence-electron chi connectivity index (χ0n) is 26.1. The molecule has 46 heavy (non-hydrogen) atoms. The Bertz CT molecular complexity index is 1380. The molecule has 246 valence electrons. The number of anilines is 2. The SMILES string of the molecule is O=C(Nc1ccc(F)cc1F)N(Cc1cccc(CN(C(=O)Nc2ccc(F)cc2F)C2CCCCCC2)c1)C1CCCCCC1. The zero-order chi connectivity index (χ0) is 32.5. The fourth-order valence-electron chi connectivity index (χ4n) is 6.65. The first-order chi connectivity index (χ1) is 22.3. The van der Waals surface area contributed by atoms with Crippen LogP contribution < -0.4 is 10.6 Å². The Hall–Kier alpha value is -4.08. The number of urea groups is 2. The summed E-state index contributed by atoms with van der Waals surface area (Å²) in [5.74, 6) is -3.12. The van der Waals surface area contributed by atoms with E-state index in [1.807, 2.05) is 24.3 Å². The smallest absolute Gasteiger partial charge is 0.317 e. The minimum absolute atomic E-state index is 0.0477. The number of nitrogens with one attached hydrogen (secondary N) is 2. The number of amides is 4. The van der Waals surface area contributed by atoms with Crippen LogP contribution in [0.3, 0.4) is 0 Å². The lowest BCUT2D eigenvalue weighted by Gasteiger charge is -2.33. The Morgan fingerprint density at radius 2 is 0.957 bits per heavy atom. The van der Waals surface area contributed by atoms with Crippen LogP contribution >= 0.6 is 0 Å². The largest absolute Gasteiger partial charge is 0.322 e. The van der Waals surface area contributed by atoms with Gasteiger partial charge in [0.2, 0.25) is 0 Å². The molecular formula is C36H42F4N4O2. The van der Waals surface area contributed by atoms with Gasteiger partial charge in [0.1, 0.15) is 23.3 Å². The van der Waals surface area contributed by atoms with E-state index in [-0.39, 0.29) is 36.5 Å². The van der Waals surface area contributed by atoms with Gasteiger partial charge in [-0.15, -0.1) is 0 Å². The molecule has 2 aliphatic rings. The highest BCUT2D eigenvalue weighted by Crippen LogP contribution is 2.28. The van der Waals surface area contributed by atoms with Gasteiger partial charge in [-0.3, -0.25) is 0 Å². The number of nitrogens with zero attached hydrogens (tertiary/aromatic N) is 2. The Morgan fingerprint density at radius 1 is 0.565 bits per heavy atom. The summed E-state index contributed by atoms with van der Waals surface area (Å²) in [5, 5.41) is 5.29. The number of benzene rings is 3. The lowest BCUT2D eigenvalue weighted by atomic mass is 10.0. The first kappa shape index (κ1) is 33.3. The molecule has 0 aromatic heterocycles. The van der Waals surface area contributed by atoms with Gasteiger partial charge >= 0.3 is 12.1 Å². The molecule has 3 aromatic carbocycles. The Morgan fingerprint density at radius 3 is 1.33 bits per heavy atom. The molecule has 2 aliphatic carbocycles. The number of hydrogen-bond acceptors (Lipinski definition) is 2. The van der Waals surface area contributed by atoms with Crippen molar-refractivity contribution in [1.82, 2.24) is 9.80 Å². The topological polar surface area (TPSA) is 64.7 Å². The molecule has 0 unspecified atom stereocenters. The van der Waals surface area contributed by atoms with Crippen LogP contribution in [0.4, 0.5) is 38.5 Å². The highest BCUT2D eigenvalue weighted by molar-refractivity contribution is 5.90. The van der Waals surface area contributed by atoms with Gasteiger partial charge in [-0.25, -0.2) is 27.2 Å². The number of carbonyl (C=O) groups is 2. The van der Waals surface area contributed by atoms with Crippen molar-refractivity contribution in [3.63, 3.8) is 0 Å². The van der Waals surface area contributed by atoms with Crippen molar-refractivity contribution in [2.24, 2.45) is 0 Å². The van der Waals surface area contributed by atoms with Crippen molar-refractivity contribution in [3.8, 4) is 0 Å². The molecule has 2 saturated carbocycles. The van der Waals surface area contributed by atoms with Crippen molar-refractivity contribution in [1.29, 1.82) is 0 Å². The van der Waals surface area contributed by atoms with Crippen LogP contribution in [0.1, 0.15) is 88.2 Å². The normalized spacial score (nSPS) is 16.3. The molecule has 5 rings (SSSR count). The highest BCUT2D eigenvalue weighted by Gasteiger charge is 2.28. The lowest BCUT2D eigenvalue weighted by molar-refractivity contribution is 0.174. The summed E-state index contributed by atoms with van der Waals surface area (Å²) in [4.78, 5) is 30.7. The van der Waals surface area contributed by atoms with Crippen molar-refractivity contribution in [2.45, 2.75) is 102 Å². The number of hydrogen-bond donors (Lipinski definition) is 2. The van der Waals surface area contributed by atoms with Gasteiger partial charge in [0.05, 0.1) is 11.4 Å². The van der Waals surface area contributed by atoms with Crippen LogP contribution in [0.2, 0.25) is 0 Å². The van der Waals surface area contributed by atoms with Crippen LogP contribution in [0.25, 0.3) is 0 Å². The molecule has 10 heteroatoms. The summed E-state index contributed by atoms with van der Waals surface area (Å²) in [7, 11) is 0. The molecule has 2 N–H and O–H groups in total. The second kappa shape index (κ2) is 16.0. The first-order valence-electron chi connectivity index (χ1n) is 16.4. The van der Waals surface area contributed by atoms with E-state index in [2.05, 4.69) is 10.6 Å². The summed E-state index contributed by atoms with van der Waals surface area (Å²) in [6.45, 7) is 0.535. The molecule has 0 atom stereocenters. The molecule has 0 spiro atoms. The number of carbonyl (C=O) groups excluding carboxylic acids is 2. The fourth-order valence-corrected chi connectivity index (χ4v) is 6.65. The van der Waals surface area contributed by atoms with E-state index in [4.69, 9.17) is 0 Å². The molecule has 4 amide bonds. The van der Waals surface area contributed by atoms with Gasteiger partial charge in [-0.1, -0.05) is 75.6 Å². The maximum absolute atomic E-state index is 14.5. The molecule has 0 saturated heterocycles. The Labute approximate surface area is 268 Å². The summed E-state index contributed by atoms with van der Waals surface area (Å²) in [5.41, 5.74) is 1.53. The van der Waals surface area contributed by atoms with Crippen molar-refractivity contribution in [3.05, 3.63) is 95.1 Å². The summed E-state index contributed by atoms with van der Waals surface area (Å²) in [6.07, 6.45) is 11.6. The standard InChI is InChI=1S/C36H42F4N4O2/c37-27-16-18-33(31(39)21-27)41-35(45)43(29-12-5-1-2-6-13-29)23-25-10-9-11-26(20-25)24-44(30-14-7-3-4-8-15-30)36(46)42-34-19-17-28(38)22-32(34)40/h9-11,16-22,29-30H,1-8,12-15,23-24H2,(H,41,45)(H,42,46). The van der Waals surface area contributed by atoms with E-state index >= 15 is 0 Å². The minimum atomic E-state index is -0.839. The number of rotatable bonds is 8. The molecule has 0 aliphatic heterocycles. The predicted molar refractivity (Wildman–Crippen MR) is 171 cm³/mol. The third-order valence-corrected chi connectivity index (χ3v) is 9.10. The summed E-state index contributed by atoms with van der Waals surface area (Å²) >= 11 is 0. The predicted octanol–water partition coefficient (Wildman–Crippen LogP) is 9.76. The summed E-state index contributed by atoms with van der Waals surface area (Å²) < 4.78 is 55.9. The average molecular weight is 639 g/mol. The van der Waals surface area contributed by atoms with Gasteiger partial charge in [0.15, 0.2) is 0 Å². The quantitative estimate of drug-likeness (QED) is 0.191. The van der Waals surface area contributed by atoms with Crippen LogP contribution in [0, 0.1) is 23.3 Å². The third kappa shape index (κ3) is 9.01. The van der Waals surface area contributed by atoms with Crippen LogP contribution in [0.15, 0.2) is 60.7 Å². The maximum atomic E-state index is 14.5. The first-order valence-corrected chi connectivity index (χ1v) is 16.4. The van der Waals surface area contributed by atoms with E-state index in [9.17, 15) is 27.2 Å². The van der Waals surface area contributed by atoms with Crippen LogP contribution in [-0.4, -0.2) is 33.9 Å². The lowest BCUT2D eigenvalue weighted by Crippen LogP contribution is -2.43. The zero-order valence-corrected chi connectivity index (χ0v) is 26.1.